The van der Waals surface area contributed by atoms with Gasteiger partial charge < -0.3 is 9.64 Å². The molecule has 0 radical (unpaired) electrons. The number of hydrogen-bond donors (Lipinski definition) is 2. The van der Waals surface area contributed by atoms with Gasteiger partial charge in [-0.25, -0.2) is 24.2 Å². The molecule has 1 aliphatic rings. The van der Waals surface area contributed by atoms with Crippen LogP contribution in [0.2, 0.25) is 0 Å². The fourth-order valence-electron chi connectivity index (χ4n) is 3.29. The SMILES string of the molecule is COc1cc2c(N3CCC(CCNS(N)(=O)=O)CC3)ncnc2cc1F. The van der Waals surface area contributed by atoms with E-state index >= 15 is 0 Å². The van der Waals surface area contributed by atoms with E-state index in [0.717, 1.165) is 43.6 Å². The number of anilines is 1. The molecule has 1 aromatic carbocycles. The minimum absolute atomic E-state index is 0.164. The van der Waals surface area contributed by atoms with Crippen molar-refractivity contribution in [1.29, 1.82) is 0 Å². The Labute approximate surface area is 151 Å². The zero-order chi connectivity index (χ0) is 18.7. The Morgan fingerprint density at radius 3 is 2.73 bits per heavy atom. The van der Waals surface area contributed by atoms with Crippen LogP contribution in [0.3, 0.4) is 0 Å². The van der Waals surface area contributed by atoms with Crippen LogP contribution in [0.5, 0.6) is 5.75 Å². The molecule has 0 amide bonds. The number of halogens is 1. The number of rotatable bonds is 6. The molecule has 1 aliphatic heterocycles. The van der Waals surface area contributed by atoms with Crippen molar-refractivity contribution in [2.75, 3.05) is 31.6 Å². The van der Waals surface area contributed by atoms with Gasteiger partial charge in [-0.2, -0.15) is 8.42 Å². The second-order valence-corrected chi connectivity index (χ2v) is 7.74. The van der Waals surface area contributed by atoms with E-state index in [-0.39, 0.29) is 5.75 Å². The Kier molecular flexibility index (Phi) is 5.54. The van der Waals surface area contributed by atoms with Gasteiger partial charge in [0.25, 0.3) is 10.2 Å². The number of benzene rings is 1. The quantitative estimate of drug-likeness (QED) is 0.775. The highest BCUT2D eigenvalue weighted by Gasteiger charge is 2.22. The number of fused-ring (bicyclic) bond motifs is 1. The molecule has 0 spiro atoms. The predicted octanol–water partition coefficient (Wildman–Crippen LogP) is 1.18. The van der Waals surface area contributed by atoms with Crippen LogP contribution < -0.4 is 19.5 Å². The molecule has 1 fully saturated rings. The van der Waals surface area contributed by atoms with E-state index in [1.807, 2.05) is 0 Å². The van der Waals surface area contributed by atoms with Crippen LogP contribution in [0.15, 0.2) is 18.5 Å². The van der Waals surface area contributed by atoms with Gasteiger partial charge >= 0.3 is 0 Å². The zero-order valence-electron chi connectivity index (χ0n) is 14.5. The number of piperidine rings is 1. The summed E-state index contributed by atoms with van der Waals surface area (Å²) in [6.07, 6.45) is 4.01. The lowest BCUT2D eigenvalue weighted by Crippen LogP contribution is -2.37. The van der Waals surface area contributed by atoms with Gasteiger partial charge in [-0.1, -0.05) is 0 Å². The topological polar surface area (TPSA) is 110 Å². The smallest absolute Gasteiger partial charge is 0.274 e. The number of nitrogens with zero attached hydrogens (tertiary/aromatic N) is 3. The first-order valence-electron chi connectivity index (χ1n) is 8.38. The van der Waals surface area contributed by atoms with Crippen molar-refractivity contribution in [1.82, 2.24) is 14.7 Å². The number of methoxy groups -OCH3 is 1. The molecule has 0 unspecified atom stereocenters. The summed E-state index contributed by atoms with van der Waals surface area (Å²) < 4.78 is 43.1. The average Bonchev–Trinajstić information content (AvgIpc) is 2.60. The van der Waals surface area contributed by atoms with E-state index in [1.54, 1.807) is 6.07 Å². The lowest BCUT2D eigenvalue weighted by Gasteiger charge is -2.33. The summed E-state index contributed by atoms with van der Waals surface area (Å²) in [6.45, 7) is 1.91. The molecule has 0 atom stereocenters. The number of nitrogens with two attached hydrogens (primary N) is 1. The second-order valence-electron chi connectivity index (χ2n) is 6.36. The lowest BCUT2D eigenvalue weighted by atomic mass is 9.93. The van der Waals surface area contributed by atoms with Gasteiger partial charge in [0.2, 0.25) is 0 Å². The molecular weight excluding hydrogens is 361 g/mol. The molecule has 3 N–H and O–H groups in total. The fraction of sp³-hybridized carbons (Fsp3) is 0.500. The van der Waals surface area contributed by atoms with Crippen molar-refractivity contribution >= 4 is 26.9 Å². The van der Waals surface area contributed by atoms with E-state index in [2.05, 4.69) is 19.6 Å². The number of aromatic nitrogens is 2. The summed E-state index contributed by atoms with van der Waals surface area (Å²) in [5.74, 6) is 0.887. The second kappa shape index (κ2) is 7.68. The molecule has 8 nitrogen and oxygen atoms in total. The largest absolute Gasteiger partial charge is 0.494 e. The Morgan fingerprint density at radius 2 is 2.08 bits per heavy atom. The van der Waals surface area contributed by atoms with E-state index in [4.69, 9.17) is 9.88 Å². The highest BCUT2D eigenvalue weighted by atomic mass is 32.2. The predicted molar refractivity (Wildman–Crippen MR) is 96.7 cm³/mol. The Hall–Kier alpha value is -2.04. The highest BCUT2D eigenvalue weighted by molar-refractivity contribution is 7.87. The van der Waals surface area contributed by atoms with E-state index in [9.17, 15) is 12.8 Å². The van der Waals surface area contributed by atoms with Crippen molar-refractivity contribution in [3.05, 3.63) is 24.3 Å². The minimum atomic E-state index is -3.63. The van der Waals surface area contributed by atoms with Crippen molar-refractivity contribution in [2.45, 2.75) is 19.3 Å². The number of hydrogen-bond acceptors (Lipinski definition) is 6. The zero-order valence-corrected chi connectivity index (χ0v) is 15.3. The maximum Gasteiger partial charge on any atom is 0.274 e. The maximum absolute atomic E-state index is 13.9. The highest BCUT2D eigenvalue weighted by Crippen LogP contribution is 2.31. The minimum Gasteiger partial charge on any atom is -0.494 e. The van der Waals surface area contributed by atoms with E-state index < -0.39 is 16.0 Å². The third-order valence-electron chi connectivity index (χ3n) is 4.66. The standard InChI is InChI=1S/C16H22FN5O3S/c1-25-15-8-12-14(9-13(15)17)19-10-20-16(12)22-6-3-11(4-7-22)2-5-21-26(18,23)24/h8-11,21H,2-7H2,1H3,(H2,18,23,24). The molecule has 10 heteroatoms. The third kappa shape index (κ3) is 4.37. The summed E-state index contributed by atoms with van der Waals surface area (Å²) in [6, 6.07) is 2.98. The monoisotopic (exact) mass is 383 g/mol. The van der Waals surface area contributed by atoms with Crippen molar-refractivity contribution in [3.8, 4) is 5.75 Å². The van der Waals surface area contributed by atoms with Crippen LogP contribution in [-0.2, 0) is 10.2 Å². The molecule has 1 aromatic heterocycles. The molecule has 3 rings (SSSR count). The molecular formula is C16H22FN5O3S. The summed E-state index contributed by atoms with van der Waals surface area (Å²) in [7, 11) is -2.21. The molecule has 0 bridgehead atoms. The molecule has 142 valence electrons. The third-order valence-corrected chi connectivity index (χ3v) is 5.26. The van der Waals surface area contributed by atoms with Crippen LogP contribution in [0.4, 0.5) is 10.2 Å². The lowest BCUT2D eigenvalue weighted by molar-refractivity contribution is 0.380. The molecule has 26 heavy (non-hydrogen) atoms. The maximum atomic E-state index is 13.9. The number of nitrogens with one attached hydrogen (secondary N) is 1. The van der Waals surface area contributed by atoms with Gasteiger partial charge in [-0.05, 0) is 31.2 Å². The van der Waals surface area contributed by atoms with Crippen molar-refractivity contribution in [2.24, 2.45) is 11.1 Å². The number of ether oxygens (including phenoxy) is 1. The summed E-state index contributed by atoms with van der Waals surface area (Å²) in [5, 5.41) is 5.69. The van der Waals surface area contributed by atoms with Crippen LogP contribution >= 0.6 is 0 Å². The van der Waals surface area contributed by atoms with Crippen LogP contribution in [-0.4, -0.2) is 45.1 Å². The first-order valence-corrected chi connectivity index (χ1v) is 9.92. The van der Waals surface area contributed by atoms with Crippen molar-refractivity contribution in [3.63, 3.8) is 0 Å². The molecule has 1 saturated heterocycles. The van der Waals surface area contributed by atoms with Gasteiger partial charge in [0.15, 0.2) is 11.6 Å². The van der Waals surface area contributed by atoms with Gasteiger partial charge in [0, 0.05) is 31.1 Å². The average molecular weight is 383 g/mol. The van der Waals surface area contributed by atoms with Gasteiger partial charge in [0.05, 0.1) is 12.6 Å². The van der Waals surface area contributed by atoms with Crippen LogP contribution in [0.1, 0.15) is 19.3 Å². The first-order chi connectivity index (χ1) is 12.4. The molecule has 0 aliphatic carbocycles. The molecule has 2 heterocycles. The molecule has 0 saturated carbocycles. The normalized spacial score (nSPS) is 16.2. The summed E-state index contributed by atoms with van der Waals surface area (Å²) in [5.41, 5.74) is 0.535. The van der Waals surface area contributed by atoms with Crippen LogP contribution in [0.25, 0.3) is 10.9 Å². The Morgan fingerprint density at radius 1 is 1.35 bits per heavy atom. The first kappa shape index (κ1) is 18.7. The van der Waals surface area contributed by atoms with E-state index in [0.29, 0.717) is 18.0 Å². The Balaban J connectivity index is 1.69. The van der Waals surface area contributed by atoms with Crippen molar-refractivity contribution < 1.29 is 17.5 Å². The van der Waals surface area contributed by atoms with Gasteiger partial charge in [0.1, 0.15) is 12.1 Å². The molecule has 2 aromatic rings. The van der Waals surface area contributed by atoms with Crippen LogP contribution in [0, 0.1) is 11.7 Å². The van der Waals surface area contributed by atoms with Gasteiger partial charge in [-0.3, -0.25) is 0 Å². The fourth-order valence-corrected chi connectivity index (χ4v) is 3.69. The Bertz CT molecular complexity index is 885. The van der Waals surface area contributed by atoms with E-state index in [1.165, 1.54) is 19.5 Å². The van der Waals surface area contributed by atoms with Gasteiger partial charge in [-0.15, -0.1) is 0 Å². The summed E-state index contributed by atoms with van der Waals surface area (Å²) in [4.78, 5) is 10.7. The summed E-state index contributed by atoms with van der Waals surface area (Å²) >= 11 is 0.